The second-order valence-corrected chi connectivity index (χ2v) is 3.83. The van der Waals surface area contributed by atoms with Crippen LogP contribution in [0, 0.1) is 5.92 Å². The maximum atomic E-state index is 9.28. The van der Waals surface area contributed by atoms with Crippen molar-refractivity contribution in [1.29, 1.82) is 0 Å². The Morgan fingerprint density at radius 3 is 2.43 bits per heavy atom. The molecular weight excluding hydrogens is 174 g/mol. The van der Waals surface area contributed by atoms with Crippen LogP contribution in [0.5, 0.6) is 0 Å². The Hall–Kier alpha value is -0.860. The highest BCUT2D eigenvalue weighted by Gasteiger charge is 2.07. The Balaban J connectivity index is 2.22. The highest BCUT2D eigenvalue weighted by Crippen LogP contribution is 2.01. The van der Waals surface area contributed by atoms with Gasteiger partial charge >= 0.3 is 0 Å². The van der Waals surface area contributed by atoms with E-state index in [-0.39, 0.29) is 6.10 Å². The molecule has 1 rings (SSSR count). The van der Waals surface area contributed by atoms with Gasteiger partial charge in [-0.05, 0) is 18.4 Å². The number of hydrogen-bond donors (Lipinski definition) is 2. The molecule has 0 amide bonds. The van der Waals surface area contributed by atoms with Crippen molar-refractivity contribution in [3.8, 4) is 0 Å². The van der Waals surface area contributed by atoms with Gasteiger partial charge in [0.05, 0.1) is 6.10 Å². The molecule has 0 bridgehead atoms. The summed E-state index contributed by atoms with van der Waals surface area (Å²) >= 11 is 0. The fourth-order valence-electron chi connectivity index (χ4n) is 1.21. The summed E-state index contributed by atoms with van der Waals surface area (Å²) in [4.78, 5) is 0. The summed E-state index contributed by atoms with van der Waals surface area (Å²) in [5.41, 5.74) is 1.28. The van der Waals surface area contributed by atoms with Crippen molar-refractivity contribution in [1.82, 2.24) is 5.32 Å². The van der Waals surface area contributed by atoms with Crippen LogP contribution in [0.1, 0.15) is 19.4 Å². The largest absolute Gasteiger partial charge is 0.393 e. The number of nitrogens with one attached hydrogen (secondary N) is 1. The van der Waals surface area contributed by atoms with E-state index in [1.165, 1.54) is 5.56 Å². The average molecular weight is 193 g/mol. The van der Waals surface area contributed by atoms with E-state index in [0.717, 1.165) is 13.1 Å². The van der Waals surface area contributed by atoms with Gasteiger partial charge in [0.15, 0.2) is 0 Å². The molecule has 1 aromatic rings. The molecule has 2 atom stereocenters. The summed E-state index contributed by atoms with van der Waals surface area (Å²) in [6.07, 6.45) is -0.238. The molecular formula is C12H19NO. The zero-order valence-corrected chi connectivity index (χ0v) is 8.90. The number of benzene rings is 1. The van der Waals surface area contributed by atoms with E-state index < -0.39 is 0 Å². The van der Waals surface area contributed by atoms with Gasteiger partial charge in [-0.3, -0.25) is 0 Å². The molecule has 1 aromatic carbocycles. The number of rotatable bonds is 5. The third kappa shape index (κ3) is 3.90. The SMILES string of the molecule is C[C@H](O)[C@H](C)CNCc1ccccc1. The zero-order chi connectivity index (χ0) is 10.4. The molecule has 14 heavy (non-hydrogen) atoms. The number of aliphatic hydroxyl groups excluding tert-OH is 1. The monoisotopic (exact) mass is 193 g/mol. The molecule has 0 unspecified atom stereocenters. The van der Waals surface area contributed by atoms with Gasteiger partial charge < -0.3 is 10.4 Å². The summed E-state index contributed by atoms with van der Waals surface area (Å²) in [5.74, 6) is 0.304. The van der Waals surface area contributed by atoms with E-state index in [4.69, 9.17) is 0 Å². The molecule has 0 aliphatic heterocycles. The lowest BCUT2D eigenvalue weighted by Crippen LogP contribution is -2.27. The van der Waals surface area contributed by atoms with Gasteiger partial charge in [-0.25, -0.2) is 0 Å². The van der Waals surface area contributed by atoms with Crippen LogP contribution in [-0.4, -0.2) is 17.8 Å². The van der Waals surface area contributed by atoms with Gasteiger partial charge in [-0.15, -0.1) is 0 Å². The van der Waals surface area contributed by atoms with Gasteiger partial charge in [-0.1, -0.05) is 37.3 Å². The van der Waals surface area contributed by atoms with Crippen molar-refractivity contribution in [3.05, 3.63) is 35.9 Å². The zero-order valence-electron chi connectivity index (χ0n) is 8.90. The molecule has 0 aliphatic carbocycles. The second-order valence-electron chi connectivity index (χ2n) is 3.83. The third-order valence-corrected chi connectivity index (χ3v) is 2.46. The summed E-state index contributed by atoms with van der Waals surface area (Å²) in [5, 5.41) is 12.6. The van der Waals surface area contributed by atoms with Gasteiger partial charge in [0, 0.05) is 13.1 Å². The van der Waals surface area contributed by atoms with Crippen LogP contribution in [0.25, 0.3) is 0 Å². The van der Waals surface area contributed by atoms with Crippen molar-refractivity contribution in [3.63, 3.8) is 0 Å². The van der Waals surface area contributed by atoms with Crippen LogP contribution in [0.4, 0.5) is 0 Å². The quantitative estimate of drug-likeness (QED) is 0.747. The molecule has 0 aromatic heterocycles. The molecule has 0 radical (unpaired) electrons. The first kappa shape index (κ1) is 11.2. The maximum absolute atomic E-state index is 9.28. The Morgan fingerprint density at radius 1 is 1.21 bits per heavy atom. The van der Waals surface area contributed by atoms with E-state index in [1.54, 1.807) is 0 Å². The molecule has 0 fully saturated rings. The summed E-state index contributed by atoms with van der Waals surface area (Å²) in [7, 11) is 0. The standard InChI is InChI=1S/C12H19NO/c1-10(11(2)14)8-13-9-12-6-4-3-5-7-12/h3-7,10-11,13-14H,8-9H2,1-2H3/t10-,11+/m1/s1. The molecule has 2 N–H and O–H groups in total. The molecule has 0 spiro atoms. The molecule has 0 saturated carbocycles. The lowest BCUT2D eigenvalue weighted by atomic mass is 10.1. The first-order valence-electron chi connectivity index (χ1n) is 5.13. The lowest BCUT2D eigenvalue weighted by molar-refractivity contribution is 0.134. The Labute approximate surface area is 86.0 Å². The topological polar surface area (TPSA) is 32.3 Å². The maximum Gasteiger partial charge on any atom is 0.0549 e. The van der Waals surface area contributed by atoms with E-state index in [2.05, 4.69) is 17.4 Å². The summed E-state index contributed by atoms with van der Waals surface area (Å²) in [6, 6.07) is 10.3. The first-order chi connectivity index (χ1) is 6.70. The normalized spacial score (nSPS) is 15.1. The van der Waals surface area contributed by atoms with Gasteiger partial charge in [0.25, 0.3) is 0 Å². The molecule has 0 aliphatic rings. The van der Waals surface area contributed by atoms with Gasteiger partial charge in [0.1, 0.15) is 0 Å². The molecule has 2 nitrogen and oxygen atoms in total. The van der Waals surface area contributed by atoms with E-state index in [1.807, 2.05) is 32.0 Å². The van der Waals surface area contributed by atoms with Crippen molar-refractivity contribution in [2.45, 2.75) is 26.5 Å². The van der Waals surface area contributed by atoms with Crippen molar-refractivity contribution >= 4 is 0 Å². The smallest absolute Gasteiger partial charge is 0.0549 e. The molecule has 0 saturated heterocycles. The Kier molecular flexibility index (Phi) is 4.63. The predicted octanol–water partition coefficient (Wildman–Crippen LogP) is 1.79. The van der Waals surface area contributed by atoms with Crippen molar-refractivity contribution < 1.29 is 5.11 Å². The molecule has 78 valence electrons. The predicted molar refractivity (Wildman–Crippen MR) is 59.0 cm³/mol. The second kappa shape index (κ2) is 5.78. The molecule has 2 heteroatoms. The average Bonchev–Trinajstić information content (AvgIpc) is 2.19. The highest BCUT2D eigenvalue weighted by atomic mass is 16.3. The van der Waals surface area contributed by atoms with Gasteiger partial charge in [0.2, 0.25) is 0 Å². The van der Waals surface area contributed by atoms with Crippen LogP contribution >= 0.6 is 0 Å². The minimum atomic E-state index is -0.238. The minimum absolute atomic E-state index is 0.238. The van der Waals surface area contributed by atoms with Crippen LogP contribution in [0.3, 0.4) is 0 Å². The van der Waals surface area contributed by atoms with Gasteiger partial charge in [-0.2, -0.15) is 0 Å². The minimum Gasteiger partial charge on any atom is -0.393 e. The summed E-state index contributed by atoms with van der Waals surface area (Å²) in [6.45, 7) is 5.60. The Bertz CT molecular complexity index is 246. The van der Waals surface area contributed by atoms with Crippen molar-refractivity contribution in [2.75, 3.05) is 6.54 Å². The van der Waals surface area contributed by atoms with E-state index >= 15 is 0 Å². The number of aliphatic hydroxyl groups is 1. The Morgan fingerprint density at radius 2 is 1.86 bits per heavy atom. The van der Waals surface area contributed by atoms with E-state index in [0.29, 0.717) is 5.92 Å². The van der Waals surface area contributed by atoms with E-state index in [9.17, 15) is 5.11 Å². The fourth-order valence-corrected chi connectivity index (χ4v) is 1.21. The first-order valence-corrected chi connectivity index (χ1v) is 5.13. The lowest BCUT2D eigenvalue weighted by Gasteiger charge is -2.15. The van der Waals surface area contributed by atoms with Crippen LogP contribution < -0.4 is 5.32 Å². The number of hydrogen-bond acceptors (Lipinski definition) is 2. The van der Waals surface area contributed by atoms with Crippen molar-refractivity contribution in [2.24, 2.45) is 5.92 Å². The molecule has 0 heterocycles. The van der Waals surface area contributed by atoms with Crippen LogP contribution in [0.15, 0.2) is 30.3 Å². The summed E-state index contributed by atoms with van der Waals surface area (Å²) < 4.78 is 0. The van der Waals surface area contributed by atoms with Crippen LogP contribution in [-0.2, 0) is 6.54 Å². The highest BCUT2D eigenvalue weighted by molar-refractivity contribution is 5.14. The third-order valence-electron chi connectivity index (χ3n) is 2.46. The van der Waals surface area contributed by atoms with Crippen LogP contribution in [0.2, 0.25) is 0 Å². The fraction of sp³-hybridized carbons (Fsp3) is 0.500.